The molecule has 2 saturated heterocycles. The van der Waals surface area contributed by atoms with E-state index in [0.29, 0.717) is 31.6 Å². The number of rotatable bonds is 5. The van der Waals surface area contributed by atoms with Crippen LogP contribution in [0.4, 0.5) is 0 Å². The molecule has 1 unspecified atom stereocenters. The Morgan fingerprint density at radius 3 is 2.21 bits per heavy atom. The molecular formula is C19H26N2O6S. The first-order valence-electron chi connectivity index (χ1n) is 9.41. The average molecular weight is 410 g/mol. The van der Waals surface area contributed by atoms with E-state index in [0.717, 1.165) is 6.42 Å². The van der Waals surface area contributed by atoms with Crippen LogP contribution in [-0.2, 0) is 24.3 Å². The molecule has 0 spiro atoms. The Morgan fingerprint density at radius 2 is 1.64 bits per heavy atom. The Balaban J connectivity index is 1.63. The van der Waals surface area contributed by atoms with Gasteiger partial charge in [-0.25, -0.2) is 13.2 Å². The predicted octanol–water partition coefficient (Wildman–Crippen LogP) is 1.26. The summed E-state index contributed by atoms with van der Waals surface area (Å²) in [6, 6.07) is 5.76. The van der Waals surface area contributed by atoms with Crippen molar-refractivity contribution in [3.63, 3.8) is 0 Å². The Bertz CT molecular complexity index is 815. The van der Waals surface area contributed by atoms with Gasteiger partial charge in [0.2, 0.25) is 15.9 Å². The van der Waals surface area contributed by atoms with Gasteiger partial charge in [0.25, 0.3) is 0 Å². The molecule has 3 rings (SSSR count). The van der Waals surface area contributed by atoms with Crippen LogP contribution >= 0.6 is 0 Å². The Kier molecular flexibility index (Phi) is 6.24. The van der Waals surface area contributed by atoms with Crippen molar-refractivity contribution in [2.24, 2.45) is 5.92 Å². The molecule has 2 heterocycles. The zero-order valence-electron chi connectivity index (χ0n) is 16.2. The fraction of sp³-hybridized carbons (Fsp3) is 0.579. The summed E-state index contributed by atoms with van der Waals surface area (Å²) < 4.78 is 36.9. The molecule has 8 nitrogen and oxygen atoms in total. The van der Waals surface area contributed by atoms with Crippen LogP contribution < -0.4 is 4.74 Å². The minimum Gasteiger partial charge on any atom is -0.497 e. The molecule has 1 aromatic rings. The molecule has 2 aliphatic rings. The maximum absolute atomic E-state index is 12.9. The van der Waals surface area contributed by atoms with E-state index >= 15 is 0 Å². The van der Waals surface area contributed by atoms with Gasteiger partial charge < -0.3 is 14.4 Å². The first kappa shape index (κ1) is 20.6. The van der Waals surface area contributed by atoms with Crippen LogP contribution in [0.3, 0.4) is 0 Å². The SMILES string of the molecule is COC(=O)C1CCCN1C(=O)C1CCN(S(=O)(=O)c2ccc(OC)cc2)CC1. The quantitative estimate of drug-likeness (QED) is 0.679. The number of sulfonamides is 1. The van der Waals surface area contributed by atoms with Crippen LogP contribution in [0, 0.1) is 5.92 Å². The highest BCUT2D eigenvalue weighted by atomic mass is 32.2. The topological polar surface area (TPSA) is 93.2 Å². The van der Waals surface area contributed by atoms with E-state index in [1.165, 1.54) is 30.7 Å². The molecule has 0 N–H and O–H groups in total. The van der Waals surface area contributed by atoms with Gasteiger partial charge in [0, 0.05) is 25.6 Å². The minimum atomic E-state index is -3.60. The van der Waals surface area contributed by atoms with Crippen molar-refractivity contribution in [3.05, 3.63) is 24.3 Å². The molecular weight excluding hydrogens is 384 g/mol. The average Bonchev–Trinajstić information content (AvgIpc) is 3.22. The van der Waals surface area contributed by atoms with Crippen LogP contribution in [0.1, 0.15) is 25.7 Å². The van der Waals surface area contributed by atoms with Crippen molar-refractivity contribution < 1.29 is 27.5 Å². The lowest BCUT2D eigenvalue weighted by Crippen LogP contribution is -2.47. The van der Waals surface area contributed by atoms with Crippen molar-refractivity contribution in [1.82, 2.24) is 9.21 Å². The van der Waals surface area contributed by atoms with E-state index in [9.17, 15) is 18.0 Å². The lowest BCUT2D eigenvalue weighted by atomic mass is 9.96. The molecule has 2 fully saturated rings. The molecule has 28 heavy (non-hydrogen) atoms. The van der Waals surface area contributed by atoms with Gasteiger partial charge in [-0.15, -0.1) is 0 Å². The third-order valence-electron chi connectivity index (χ3n) is 5.51. The molecule has 0 aromatic heterocycles. The summed E-state index contributed by atoms with van der Waals surface area (Å²) >= 11 is 0. The van der Waals surface area contributed by atoms with E-state index in [1.807, 2.05) is 0 Å². The number of nitrogens with zero attached hydrogens (tertiary/aromatic N) is 2. The van der Waals surface area contributed by atoms with E-state index < -0.39 is 16.1 Å². The van der Waals surface area contributed by atoms with Gasteiger partial charge in [-0.05, 0) is 49.9 Å². The Morgan fingerprint density at radius 1 is 1.00 bits per heavy atom. The predicted molar refractivity (Wildman–Crippen MR) is 101 cm³/mol. The second kappa shape index (κ2) is 8.48. The molecule has 0 bridgehead atoms. The lowest BCUT2D eigenvalue weighted by molar-refractivity contribution is -0.152. The van der Waals surface area contributed by atoms with Crippen LogP contribution in [-0.4, -0.2) is 69.4 Å². The van der Waals surface area contributed by atoms with Gasteiger partial charge in [-0.1, -0.05) is 0 Å². The third kappa shape index (κ3) is 4.00. The number of amides is 1. The standard InChI is InChI=1S/C19H26N2O6S/c1-26-15-5-7-16(8-6-15)28(24,25)20-12-9-14(10-13-20)18(22)21-11-3-4-17(21)19(23)27-2/h5-8,14,17H,3-4,9-13H2,1-2H3. The summed E-state index contributed by atoms with van der Waals surface area (Å²) in [5.41, 5.74) is 0. The number of hydrogen-bond donors (Lipinski definition) is 0. The molecule has 1 amide bonds. The van der Waals surface area contributed by atoms with E-state index in [-0.39, 0.29) is 35.8 Å². The summed E-state index contributed by atoms with van der Waals surface area (Å²) in [4.78, 5) is 26.6. The lowest BCUT2D eigenvalue weighted by Gasteiger charge is -2.33. The number of carbonyl (C=O) groups excluding carboxylic acids is 2. The second-order valence-corrected chi connectivity index (χ2v) is 9.00. The Hall–Kier alpha value is -2.13. The van der Waals surface area contributed by atoms with E-state index in [1.54, 1.807) is 17.0 Å². The van der Waals surface area contributed by atoms with Gasteiger partial charge in [-0.3, -0.25) is 4.79 Å². The number of piperidine rings is 1. The van der Waals surface area contributed by atoms with Gasteiger partial charge in [-0.2, -0.15) is 4.31 Å². The number of likely N-dealkylation sites (tertiary alicyclic amines) is 1. The number of methoxy groups -OCH3 is 2. The highest BCUT2D eigenvalue weighted by Crippen LogP contribution is 2.28. The molecule has 1 atom stereocenters. The van der Waals surface area contributed by atoms with Crippen LogP contribution in [0.15, 0.2) is 29.2 Å². The molecule has 0 saturated carbocycles. The largest absolute Gasteiger partial charge is 0.497 e. The first-order valence-corrected chi connectivity index (χ1v) is 10.8. The van der Waals surface area contributed by atoms with Crippen LogP contribution in [0.5, 0.6) is 5.75 Å². The van der Waals surface area contributed by atoms with Gasteiger partial charge >= 0.3 is 5.97 Å². The highest BCUT2D eigenvalue weighted by molar-refractivity contribution is 7.89. The van der Waals surface area contributed by atoms with Crippen LogP contribution in [0.2, 0.25) is 0 Å². The highest BCUT2D eigenvalue weighted by Gasteiger charge is 2.40. The number of ether oxygens (including phenoxy) is 2. The molecule has 2 aliphatic heterocycles. The van der Waals surface area contributed by atoms with Crippen LogP contribution in [0.25, 0.3) is 0 Å². The summed E-state index contributed by atoms with van der Waals surface area (Å²) in [5, 5.41) is 0. The Labute approximate surface area is 165 Å². The first-order chi connectivity index (χ1) is 13.4. The fourth-order valence-electron chi connectivity index (χ4n) is 3.89. The second-order valence-electron chi connectivity index (χ2n) is 7.07. The van der Waals surface area contributed by atoms with Crippen molar-refractivity contribution >= 4 is 21.9 Å². The van der Waals surface area contributed by atoms with Gasteiger partial charge in [0.15, 0.2) is 0 Å². The zero-order chi connectivity index (χ0) is 20.3. The summed E-state index contributed by atoms with van der Waals surface area (Å²) in [7, 11) is -0.755. The molecule has 1 aromatic carbocycles. The maximum atomic E-state index is 12.9. The normalized spacial score (nSPS) is 21.5. The van der Waals surface area contributed by atoms with Crippen molar-refractivity contribution in [2.75, 3.05) is 33.9 Å². The summed E-state index contributed by atoms with van der Waals surface area (Å²) in [5.74, 6) is -0.138. The number of hydrogen-bond acceptors (Lipinski definition) is 6. The van der Waals surface area contributed by atoms with E-state index in [4.69, 9.17) is 9.47 Å². The van der Waals surface area contributed by atoms with Gasteiger partial charge in [0.05, 0.1) is 19.1 Å². The molecule has 0 radical (unpaired) electrons. The molecule has 154 valence electrons. The number of esters is 1. The smallest absolute Gasteiger partial charge is 0.328 e. The van der Waals surface area contributed by atoms with E-state index in [2.05, 4.69) is 0 Å². The minimum absolute atomic E-state index is 0.0746. The number of benzene rings is 1. The number of carbonyl (C=O) groups is 2. The summed E-state index contributed by atoms with van der Waals surface area (Å²) in [6.45, 7) is 1.10. The van der Waals surface area contributed by atoms with Crippen molar-refractivity contribution in [3.8, 4) is 5.75 Å². The zero-order valence-corrected chi connectivity index (χ0v) is 17.0. The molecule has 9 heteroatoms. The van der Waals surface area contributed by atoms with Gasteiger partial charge in [0.1, 0.15) is 11.8 Å². The monoisotopic (exact) mass is 410 g/mol. The van der Waals surface area contributed by atoms with Crippen molar-refractivity contribution in [1.29, 1.82) is 0 Å². The summed E-state index contributed by atoms with van der Waals surface area (Å²) in [6.07, 6.45) is 2.27. The fourth-order valence-corrected chi connectivity index (χ4v) is 5.36. The van der Waals surface area contributed by atoms with Crippen molar-refractivity contribution in [2.45, 2.75) is 36.6 Å². The third-order valence-corrected chi connectivity index (χ3v) is 7.42. The maximum Gasteiger partial charge on any atom is 0.328 e. The molecule has 0 aliphatic carbocycles.